The van der Waals surface area contributed by atoms with Crippen LogP contribution in [0.25, 0.3) is 11.5 Å². The van der Waals surface area contributed by atoms with Crippen LogP contribution in [-0.2, 0) is 23.0 Å². The van der Waals surface area contributed by atoms with E-state index in [1.165, 1.54) is 6.07 Å². The first-order chi connectivity index (χ1) is 13.7. The smallest absolute Gasteiger partial charge is 0.254 e. The molecule has 2 N–H and O–H groups in total. The zero-order chi connectivity index (χ0) is 20.8. The van der Waals surface area contributed by atoms with E-state index in [0.717, 1.165) is 17.0 Å². The number of aromatic nitrogens is 1. The van der Waals surface area contributed by atoms with Crippen molar-refractivity contribution < 1.29 is 17.6 Å². The monoisotopic (exact) mass is 411 g/mol. The Morgan fingerprint density at radius 3 is 2.59 bits per heavy atom. The van der Waals surface area contributed by atoms with Crippen LogP contribution in [0.2, 0.25) is 0 Å². The third kappa shape index (κ3) is 3.68. The molecule has 7 nitrogen and oxygen atoms in total. The highest BCUT2D eigenvalue weighted by Crippen LogP contribution is 2.28. The summed E-state index contributed by atoms with van der Waals surface area (Å²) in [6.45, 7) is 4.21. The predicted molar refractivity (Wildman–Crippen MR) is 108 cm³/mol. The van der Waals surface area contributed by atoms with Gasteiger partial charge in [-0.2, -0.15) is 0 Å². The minimum Gasteiger partial charge on any atom is -0.441 e. The Kier molecular flexibility index (Phi) is 4.76. The van der Waals surface area contributed by atoms with Crippen molar-refractivity contribution in [1.82, 2.24) is 9.88 Å². The summed E-state index contributed by atoms with van der Waals surface area (Å²) in [5.41, 5.74) is 3.15. The van der Waals surface area contributed by atoms with Crippen LogP contribution in [0.5, 0.6) is 0 Å². The summed E-state index contributed by atoms with van der Waals surface area (Å²) in [6, 6.07) is 12.6. The van der Waals surface area contributed by atoms with Crippen molar-refractivity contribution in [3.8, 4) is 11.5 Å². The molecule has 1 aromatic heterocycles. The van der Waals surface area contributed by atoms with Gasteiger partial charge in [-0.1, -0.05) is 18.2 Å². The Morgan fingerprint density at radius 2 is 1.90 bits per heavy atom. The SMILES string of the molecule is Cc1cc(C(=O)N2CCc3oc(-c4ccccc4)nc3C2)cc(S(N)(=O)=O)c1C. The minimum atomic E-state index is -3.92. The van der Waals surface area contributed by atoms with Crippen molar-refractivity contribution in [2.24, 2.45) is 5.14 Å². The molecule has 0 saturated heterocycles. The van der Waals surface area contributed by atoms with E-state index in [-0.39, 0.29) is 10.8 Å². The van der Waals surface area contributed by atoms with Gasteiger partial charge in [-0.3, -0.25) is 4.79 Å². The van der Waals surface area contributed by atoms with Gasteiger partial charge in [0.25, 0.3) is 5.91 Å². The Morgan fingerprint density at radius 1 is 1.17 bits per heavy atom. The standard InChI is InChI=1S/C21H21N3O4S/c1-13-10-16(11-19(14(13)2)29(22,26)27)21(25)24-9-8-18-17(12-24)23-20(28-18)15-6-4-3-5-7-15/h3-7,10-11H,8-9,12H2,1-2H3,(H2,22,26,27). The number of sulfonamides is 1. The Bertz CT molecular complexity index is 1200. The summed E-state index contributed by atoms with van der Waals surface area (Å²) < 4.78 is 29.7. The summed E-state index contributed by atoms with van der Waals surface area (Å²) in [4.78, 5) is 19.2. The van der Waals surface area contributed by atoms with Gasteiger partial charge >= 0.3 is 0 Å². The number of rotatable bonds is 3. The van der Waals surface area contributed by atoms with Crippen molar-refractivity contribution in [1.29, 1.82) is 0 Å². The zero-order valence-corrected chi connectivity index (χ0v) is 17.0. The predicted octanol–water partition coefficient (Wildman–Crippen LogP) is 2.80. The van der Waals surface area contributed by atoms with Gasteiger partial charge < -0.3 is 9.32 Å². The van der Waals surface area contributed by atoms with Crippen LogP contribution in [0.4, 0.5) is 0 Å². The quantitative estimate of drug-likeness (QED) is 0.713. The first kappa shape index (κ1) is 19.4. The van der Waals surface area contributed by atoms with E-state index in [1.807, 2.05) is 30.3 Å². The Balaban J connectivity index is 1.63. The van der Waals surface area contributed by atoms with E-state index >= 15 is 0 Å². The minimum absolute atomic E-state index is 0.0219. The second-order valence-electron chi connectivity index (χ2n) is 7.19. The average molecular weight is 411 g/mol. The maximum Gasteiger partial charge on any atom is 0.254 e. The van der Waals surface area contributed by atoms with Crippen molar-refractivity contribution in [2.75, 3.05) is 6.54 Å². The molecule has 4 rings (SSSR count). The lowest BCUT2D eigenvalue weighted by Crippen LogP contribution is -2.36. The number of carbonyl (C=O) groups is 1. The number of primary sulfonamides is 1. The van der Waals surface area contributed by atoms with Gasteiger partial charge in [0.1, 0.15) is 11.5 Å². The van der Waals surface area contributed by atoms with Crippen molar-refractivity contribution in [2.45, 2.75) is 31.7 Å². The third-order valence-corrected chi connectivity index (χ3v) is 6.25. The summed E-state index contributed by atoms with van der Waals surface area (Å²) in [6.07, 6.45) is 0.549. The number of nitrogens with zero attached hydrogens (tertiary/aromatic N) is 2. The fourth-order valence-electron chi connectivity index (χ4n) is 3.50. The fraction of sp³-hybridized carbons (Fsp3) is 0.238. The lowest BCUT2D eigenvalue weighted by atomic mass is 10.0. The molecule has 29 heavy (non-hydrogen) atoms. The number of aryl methyl sites for hydroxylation is 1. The maximum absolute atomic E-state index is 13.1. The average Bonchev–Trinajstić information content (AvgIpc) is 3.12. The molecule has 0 spiro atoms. The number of amides is 1. The highest BCUT2D eigenvalue weighted by Gasteiger charge is 2.27. The van der Waals surface area contributed by atoms with Crippen LogP contribution in [-0.4, -0.2) is 30.8 Å². The van der Waals surface area contributed by atoms with Crippen molar-refractivity contribution >= 4 is 15.9 Å². The first-order valence-corrected chi connectivity index (χ1v) is 10.8. The lowest BCUT2D eigenvalue weighted by molar-refractivity contribution is 0.0727. The number of hydrogen-bond donors (Lipinski definition) is 1. The van der Waals surface area contributed by atoms with E-state index in [2.05, 4.69) is 4.98 Å². The van der Waals surface area contributed by atoms with E-state index in [1.54, 1.807) is 24.8 Å². The molecular weight excluding hydrogens is 390 g/mol. The van der Waals surface area contributed by atoms with Gasteiger partial charge in [0.2, 0.25) is 15.9 Å². The van der Waals surface area contributed by atoms with Crippen LogP contribution >= 0.6 is 0 Å². The normalized spacial score (nSPS) is 14.0. The first-order valence-electron chi connectivity index (χ1n) is 9.21. The van der Waals surface area contributed by atoms with Crippen LogP contribution in [0, 0.1) is 13.8 Å². The van der Waals surface area contributed by atoms with Crippen LogP contribution in [0.15, 0.2) is 51.8 Å². The van der Waals surface area contributed by atoms with E-state index in [4.69, 9.17) is 9.56 Å². The molecule has 2 aromatic carbocycles. The summed E-state index contributed by atoms with van der Waals surface area (Å²) >= 11 is 0. The molecule has 8 heteroatoms. The topological polar surface area (TPSA) is 106 Å². The number of nitrogens with two attached hydrogens (primary N) is 1. The molecule has 0 saturated carbocycles. The number of fused-ring (bicyclic) bond motifs is 1. The van der Waals surface area contributed by atoms with Crippen molar-refractivity contribution in [3.63, 3.8) is 0 Å². The highest BCUT2D eigenvalue weighted by molar-refractivity contribution is 7.89. The summed E-state index contributed by atoms with van der Waals surface area (Å²) in [7, 11) is -3.92. The zero-order valence-electron chi connectivity index (χ0n) is 16.2. The number of oxazole rings is 1. The third-order valence-electron chi connectivity index (χ3n) is 5.21. The molecule has 150 valence electrons. The molecule has 0 fully saturated rings. The summed E-state index contributed by atoms with van der Waals surface area (Å²) in [5, 5.41) is 5.32. The molecular formula is C21H21N3O4S. The fourth-order valence-corrected chi connectivity index (χ4v) is 4.38. The Hall–Kier alpha value is -2.97. The molecule has 2 heterocycles. The largest absolute Gasteiger partial charge is 0.441 e. The van der Waals surface area contributed by atoms with Gasteiger partial charge in [0.05, 0.1) is 11.4 Å². The molecule has 3 aromatic rings. The molecule has 0 radical (unpaired) electrons. The van der Waals surface area contributed by atoms with Gasteiger partial charge in [0, 0.05) is 24.1 Å². The molecule has 0 unspecified atom stereocenters. The second kappa shape index (κ2) is 7.13. The van der Waals surface area contributed by atoms with Crippen LogP contribution < -0.4 is 5.14 Å². The molecule has 1 aliphatic heterocycles. The lowest BCUT2D eigenvalue weighted by Gasteiger charge is -2.26. The number of carbonyl (C=O) groups excluding carboxylic acids is 1. The second-order valence-corrected chi connectivity index (χ2v) is 8.72. The molecule has 0 aliphatic carbocycles. The van der Waals surface area contributed by atoms with E-state index in [0.29, 0.717) is 42.1 Å². The number of hydrogen-bond acceptors (Lipinski definition) is 5. The molecule has 0 atom stereocenters. The number of benzene rings is 2. The van der Waals surface area contributed by atoms with Gasteiger partial charge in [-0.25, -0.2) is 18.5 Å². The van der Waals surface area contributed by atoms with Crippen molar-refractivity contribution in [3.05, 3.63) is 70.6 Å². The van der Waals surface area contributed by atoms with Gasteiger partial charge in [-0.05, 0) is 49.2 Å². The van der Waals surface area contributed by atoms with Crippen LogP contribution in [0.1, 0.15) is 32.9 Å². The highest BCUT2D eigenvalue weighted by atomic mass is 32.2. The Labute approximate surface area is 169 Å². The maximum atomic E-state index is 13.1. The molecule has 1 amide bonds. The van der Waals surface area contributed by atoms with E-state index in [9.17, 15) is 13.2 Å². The van der Waals surface area contributed by atoms with Gasteiger partial charge in [0.15, 0.2) is 0 Å². The molecule has 0 bridgehead atoms. The van der Waals surface area contributed by atoms with E-state index < -0.39 is 10.0 Å². The summed E-state index contributed by atoms with van der Waals surface area (Å²) in [5.74, 6) is 1.05. The van der Waals surface area contributed by atoms with Gasteiger partial charge in [-0.15, -0.1) is 0 Å². The molecule has 1 aliphatic rings. The van der Waals surface area contributed by atoms with Crippen LogP contribution in [0.3, 0.4) is 0 Å².